The lowest BCUT2D eigenvalue weighted by Crippen LogP contribution is -2.46. The maximum absolute atomic E-state index is 12.4. The van der Waals surface area contributed by atoms with Crippen LogP contribution in [0.1, 0.15) is 12.1 Å². The molecule has 1 aromatic carbocycles. The van der Waals surface area contributed by atoms with Gasteiger partial charge in [0.05, 0.1) is 23.0 Å². The minimum atomic E-state index is -0.740. The van der Waals surface area contributed by atoms with E-state index in [0.29, 0.717) is 35.6 Å². The number of nitriles is 1. The SMILES string of the molecule is Cn1c(=O)oc2ccc(-c3ccc(CC(C#N)NC(=O)[C@@H]4CNCCCO4)nn3)cc21. The van der Waals surface area contributed by atoms with Crippen molar-refractivity contribution < 1.29 is 13.9 Å². The zero-order valence-electron chi connectivity index (χ0n) is 17.0. The van der Waals surface area contributed by atoms with Gasteiger partial charge < -0.3 is 19.8 Å². The predicted molar refractivity (Wildman–Crippen MR) is 111 cm³/mol. The molecule has 1 saturated heterocycles. The second-order valence-electron chi connectivity index (χ2n) is 7.33. The average molecular weight is 422 g/mol. The van der Waals surface area contributed by atoms with Gasteiger partial charge in [-0.1, -0.05) is 0 Å². The number of hydrogen-bond donors (Lipinski definition) is 2. The van der Waals surface area contributed by atoms with Gasteiger partial charge in [-0.25, -0.2) is 4.79 Å². The first-order chi connectivity index (χ1) is 15.0. The number of nitrogens with one attached hydrogen (secondary N) is 2. The van der Waals surface area contributed by atoms with E-state index in [0.717, 1.165) is 18.5 Å². The van der Waals surface area contributed by atoms with E-state index < -0.39 is 17.9 Å². The number of rotatable bonds is 5. The fourth-order valence-electron chi connectivity index (χ4n) is 3.39. The van der Waals surface area contributed by atoms with E-state index in [-0.39, 0.29) is 12.3 Å². The Hall–Kier alpha value is -3.55. The highest BCUT2D eigenvalue weighted by Crippen LogP contribution is 2.22. The second kappa shape index (κ2) is 9.07. The van der Waals surface area contributed by atoms with Crippen LogP contribution >= 0.6 is 0 Å². The van der Waals surface area contributed by atoms with Crippen LogP contribution < -0.4 is 16.4 Å². The molecule has 31 heavy (non-hydrogen) atoms. The van der Waals surface area contributed by atoms with Crippen LogP contribution in [0.25, 0.3) is 22.4 Å². The van der Waals surface area contributed by atoms with Gasteiger partial charge in [-0.3, -0.25) is 9.36 Å². The Bertz CT molecular complexity index is 1170. The topological polar surface area (TPSA) is 135 Å². The molecule has 2 aromatic heterocycles. The number of oxazole rings is 1. The molecule has 1 aliphatic heterocycles. The summed E-state index contributed by atoms with van der Waals surface area (Å²) in [4.78, 5) is 24.0. The Morgan fingerprint density at radius 3 is 3.03 bits per heavy atom. The lowest BCUT2D eigenvalue weighted by molar-refractivity contribution is -0.132. The predicted octanol–water partition coefficient (Wildman–Crippen LogP) is 0.518. The molecule has 0 saturated carbocycles. The number of carbonyl (C=O) groups is 1. The molecule has 3 heterocycles. The highest BCUT2D eigenvalue weighted by atomic mass is 16.5. The van der Waals surface area contributed by atoms with Gasteiger partial charge in [-0.2, -0.15) is 15.5 Å². The largest absolute Gasteiger partial charge is 0.419 e. The van der Waals surface area contributed by atoms with Crippen molar-refractivity contribution in [2.75, 3.05) is 19.7 Å². The molecular formula is C21H22N6O4. The Morgan fingerprint density at radius 1 is 1.39 bits per heavy atom. The molecule has 1 amide bonds. The molecule has 3 aromatic rings. The number of nitrogens with zero attached hydrogens (tertiary/aromatic N) is 4. The van der Waals surface area contributed by atoms with Crippen LogP contribution in [0.15, 0.2) is 39.5 Å². The van der Waals surface area contributed by atoms with Crippen molar-refractivity contribution in [3.05, 3.63) is 46.6 Å². The monoisotopic (exact) mass is 422 g/mol. The second-order valence-corrected chi connectivity index (χ2v) is 7.33. The highest BCUT2D eigenvalue weighted by Gasteiger charge is 2.23. The molecule has 2 atom stereocenters. The standard InChI is InChI=1S/C21H22N6O4/c1-27-17-9-13(3-6-18(17)31-21(27)29)16-5-4-14(25-26-16)10-15(11-22)24-20(28)19-12-23-7-2-8-30-19/h3-6,9,15,19,23H,2,7-8,10,12H2,1H3,(H,24,28)/t15?,19-/m0/s1. The fraction of sp³-hybridized carbons (Fsp3) is 0.381. The van der Waals surface area contributed by atoms with Crippen LogP contribution in [-0.4, -0.2) is 52.5 Å². The van der Waals surface area contributed by atoms with Gasteiger partial charge >= 0.3 is 5.76 Å². The Balaban J connectivity index is 1.43. The van der Waals surface area contributed by atoms with Crippen molar-refractivity contribution in [3.8, 4) is 17.3 Å². The molecule has 4 rings (SSSR count). The summed E-state index contributed by atoms with van der Waals surface area (Å²) < 4.78 is 12.1. The number of ether oxygens (including phenoxy) is 1. The summed E-state index contributed by atoms with van der Waals surface area (Å²) >= 11 is 0. The lowest BCUT2D eigenvalue weighted by Gasteiger charge is -2.17. The van der Waals surface area contributed by atoms with E-state index in [1.54, 1.807) is 31.3 Å². The van der Waals surface area contributed by atoms with E-state index in [9.17, 15) is 14.9 Å². The van der Waals surface area contributed by atoms with Crippen molar-refractivity contribution in [2.45, 2.75) is 25.0 Å². The molecule has 160 valence electrons. The molecule has 10 heteroatoms. The minimum absolute atomic E-state index is 0.227. The highest BCUT2D eigenvalue weighted by molar-refractivity contribution is 5.82. The molecule has 1 unspecified atom stereocenters. The van der Waals surface area contributed by atoms with Crippen molar-refractivity contribution in [3.63, 3.8) is 0 Å². The van der Waals surface area contributed by atoms with Crippen LogP contribution in [0.2, 0.25) is 0 Å². The minimum Gasteiger partial charge on any atom is -0.408 e. The zero-order valence-corrected chi connectivity index (χ0v) is 17.0. The zero-order chi connectivity index (χ0) is 21.8. The maximum Gasteiger partial charge on any atom is 0.419 e. The van der Waals surface area contributed by atoms with Crippen molar-refractivity contribution in [2.24, 2.45) is 7.05 Å². The Kier molecular flexibility index (Phi) is 6.06. The van der Waals surface area contributed by atoms with Gasteiger partial charge in [-0.05, 0) is 43.3 Å². The lowest BCUT2D eigenvalue weighted by atomic mass is 10.1. The van der Waals surface area contributed by atoms with E-state index in [4.69, 9.17) is 9.15 Å². The molecule has 0 radical (unpaired) electrons. The Labute approximate surface area is 177 Å². The molecule has 0 bridgehead atoms. The first-order valence-electron chi connectivity index (χ1n) is 10.00. The summed E-state index contributed by atoms with van der Waals surface area (Å²) in [6.07, 6.45) is 0.461. The van der Waals surface area contributed by atoms with Gasteiger partial charge in [0.1, 0.15) is 12.1 Å². The number of carbonyl (C=O) groups excluding carboxylic acids is 1. The van der Waals surface area contributed by atoms with Gasteiger partial charge in [0.2, 0.25) is 0 Å². The number of hydrogen-bond acceptors (Lipinski definition) is 8. The van der Waals surface area contributed by atoms with Crippen LogP contribution in [0.4, 0.5) is 0 Å². The number of benzene rings is 1. The van der Waals surface area contributed by atoms with Gasteiger partial charge in [-0.15, -0.1) is 0 Å². The summed E-state index contributed by atoms with van der Waals surface area (Å²) in [5.41, 5.74) is 3.14. The third-order valence-electron chi connectivity index (χ3n) is 5.13. The number of amides is 1. The summed E-state index contributed by atoms with van der Waals surface area (Å²) in [5.74, 6) is -0.743. The van der Waals surface area contributed by atoms with E-state index >= 15 is 0 Å². The van der Waals surface area contributed by atoms with E-state index in [2.05, 4.69) is 26.9 Å². The van der Waals surface area contributed by atoms with Crippen LogP contribution in [0.3, 0.4) is 0 Å². The first kappa shape index (κ1) is 20.7. The molecule has 2 N–H and O–H groups in total. The van der Waals surface area contributed by atoms with E-state index in [1.165, 1.54) is 4.57 Å². The summed E-state index contributed by atoms with van der Waals surface area (Å²) in [6.45, 7) is 1.73. The van der Waals surface area contributed by atoms with Gasteiger partial charge in [0, 0.05) is 32.2 Å². The molecular weight excluding hydrogens is 400 g/mol. The van der Waals surface area contributed by atoms with E-state index in [1.807, 2.05) is 6.07 Å². The summed E-state index contributed by atoms with van der Waals surface area (Å²) in [7, 11) is 1.64. The van der Waals surface area contributed by atoms with Crippen LogP contribution in [-0.2, 0) is 23.0 Å². The average Bonchev–Trinajstić information content (AvgIpc) is 2.96. The number of fused-ring (bicyclic) bond motifs is 1. The molecule has 0 spiro atoms. The first-order valence-corrected chi connectivity index (χ1v) is 10.00. The quantitative estimate of drug-likeness (QED) is 0.607. The molecule has 10 nitrogen and oxygen atoms in total. The third kappa shape index (κ3) is 4.63. The number of aromatic nitrogens is 3. The van der Waals surface area contributed by atoms with Crippen LogP contribution in [0, 0.1) is 11.3 Å². The van der Waals surface area contributed by atoms with Crippen molar-refractivity contribution in [1.29, 1.82) is 5.26 Å². The fourth-order valence-corrected chi connectivity index (χ4v) is 3.39. The Morgan fingerprint density at radius 2 is 2.26 bits per heavy atom. The normalized spacial score (nSPS) is 17.6. The van der Waals surface area contributed by atoms with Gasteiger partial charge in [0.25, 0.3) is 5.91 Å². The van der Waals surface area contributed by atoms with Crippen molar-refractivity contribution in [1.82, 2.24) is 25.4 Å². The van der Waals surface area contributed by atoms with Crippen LogP contribution in [0.5, 0.6) is 0 Å². The molecule has 1 aliphatic rings. The summed E-state index contributed by atoms with van der Waals surface area (Å²) in [6, 6.07) is 10.2. The summed E-state index contributed by atoms with van der Waals surface area (Å²) in [5, 5.41) is 23.7. The molecule has 1 fully saturated rings. The number of aryl methyl sites for hydroxylation is 1. The maximum atomic E-state index is 12.4. The third-order valence-corrected chi connectivity index (χ3v) is 5.13. The van der Waals surface area contributed by atoms with Crippen molar-refractivity contribution >= 4 is 17.0 Å². The van der Waals surface area contributed by atoms with Gasteiger partial charge in [0.15, 0.2) is 5.58 Å². The smallest absolute Gasteiger partial charge is 0.408 e. The molecule has 0 aliphatic carbocycles.